The number of aryl methyl sites for hydroxylation is 2. The molecule has 0 atom stereocenters. The first-order chi connectivity index (χ1) is 9.04. The Kier molecular flexibility index (Phi) is 2.94. The Balaban J connectivity index is 1.85. The summed E-state index contributed by atoms with van der Waals surface area (Å²) in [5.41, 5.74) is 13.4. The van der Waals surface area contributed by atoms with Crippen molar-refractivity contribution in [1.29, 1.82) is 0 Å². The van der Waals surface area contributed by atoms with E-state index in [-0.39, 0.29) is 5.54 Å². The molecule has 0 saturated heterocycles. The predicted molar refractivity (Wildman–Crippen MR) is 80.4 cm³/mol. The highest BCUT2D eigenvalue weighted by Crippen LogP contribution is 2.31. The van der Waals surface area contributed by atoms with Crippen molar-refractivity contribution in [3.05, 3.63) is 70.3 Å². The molecule has 98 valence electrons. The van der Waals surface area contributed by atoms with Crippen molar-refractivity contribution in [3.63, 3.8) is 0 Å². The topological polar surface area (TPSA) is 26.0 Å². The highest BCUT2D eigenvalue weighted by Gasteiger charge is 2.33. The lowest BCUT2D eigenvalue weighted by atomic mass is 9.88. The SMILES string of the molecule is Cc1cc(C)cc(CC2(N)Cc3ccccc3C2)c1. The van der Waals surface area contributed by atoms with Crippen LogP contribution < -0.4 is 5.73 Å². The number of benzene rings is 2. The van der Waals surface area contributed by atoms with E-state index >= 15 is 0 Å². The molecule has 0 spiro atoms. The molecular formula is C18H21N. The van der Waals surface area contributed by atoms with E-state index < -0.39 is 0 Å². The Morgan fingerprint density at radius 2 is 1.47 bits per heavy atom. The van der Waals surface area contributed by atoms with Crippen LogP contribution in [0.5, 0.6) is 0 Å². The van der Waals surface area contributed by atoms with Crippen LogP contribution in [-0.2, 0) is 19.3 Å². The quantitative estimate of drug-likeness (QED) is 0.870. The van der Waals surface area contributed by atoms with Crippen LogP contribution in [0.4, 0.5) is 0 Å². The predicted octanol–water partition coefficient (Wildman–Crippen LogP) is 3.34. The summed E-state index contributed by atoms with van der Waals surface area (Å²) >= 11 is 0. The molecule has 1 heteroatoms. The fourth-order valence-corrected chi connectivity index (χ4v) is 3.43. The molecule has 1 nitrogen and oxygen atoms in total. The molecule has 2 aromatic rings. The smallest absolute Gasteiger partial charge is 0.0276 e. The standard InChI is InChI=1S/C18H21N/c1-13-7-14(2)9-15(8-13)10-18(19)11-16-5-3-4-6-17(16)12-18/h3-9H,10-12,19H2,1-2H3. The Morgan fingerprint density at radius 1 is 0.947 bits per heavy atom. The van der Waals surface area contributed by atoms with E-state index in [4.69, 9.17) is 5.73 Å². The Labute approximate surface area is 115 Å². The van der Waals surface area contributed by atoms with E-state index in [1.54, 1.807) is 0 Å². The van der Waals surface area contributed by atoms with Gasteiger partial charge in [0.1, 0.15) is 0 Å². The second-order valence-corrected chi connectivity index (χ2v) is 6.16. The number of rotatable bonds is 2. The largest absolute Gasteiger partial charge is 0.324 e. The van der Waals surface area contributed by atoms with Gasteiger partial charge in [-0.15, -0.1) is 0 Å². The summed E-state index contributed by atoms with van der Waals surface area (Å²) in [5, 5.41) is 0. The normalized spacial score (nSPS) is 16.4. The lowest BCUT2D eigenvalue weighted by Gasteiger charge is -2.24. The molecule has 1 aliphatic carbocycles. The zero-order valence-corrected chi connectivity index (χ0v) is 11.7. The van der Waals surface area contributed by atoms with Crippen molar-refractivity contribution in [1.82, 2.24) is 0 Å². The molecule has 0 amide bonds. The van der Waals surface area contributed by atoms with E-state index in [9.17, 15) is 0 Å². The van der Waals surface area contributed by atoms with E-state index in [0.29, 0.717) is 0 Å². The summed E-state index contributed by atoms with van der Waals surface area (Å²) in [7, 11) is 0. The second kappa shape index (κ2) is 4.50. The molecule has 0 bridgehead atoms. The minimum atomic E-state index is -0.107. The lowest BCUT2D eigenvalue weighted by molar-refractivity contribution is 0.446. The summed E-state index contributed by atoms with van der Waals surface area (Å²) < 4.78 is 0. The fourth-order valence-electron chi connectivity index (χ4n) is 3.43. The minimum Gasteiger partial charge on any atom is -0.324 e. The summed E-state index contributed by atoms with van der Waals surface area (Å²) in [5.74, 6) is 0. The molecule has 0 aliphatic heterocycles. The van der Waals surface area contributed by atoms with Gasteiger partial charge in [-0.25, -0.2) is 0 Å². The maximum atomic E-state index is 6.64. The van der Waals surface area contributed by atoms with Crippen LogP contribution in [0.25, 0.3) is 0 Å². The molecule has 2 N–H and O–H groups in total. The van der Waals surface area contributed by atoms with Gasteiger partial charge in [0.05, 0.1) is 0 Å². The monoisotopic (exact) mass is 251 g/mol. The van der Waals surface area contributed by atoms with E-state index in [0.717, 1.165) is 19.3 Å². The Morgan fingerprint density at radius 3 is 2.00 bits per heavy atom. The van der Waals surface area contributed by atoms with Gasteiger partial charge in [0, 0.05) is 5.54 Å². The third-order valence-electron chi connectivity index (χ3n) is 4.04. The van der Waals surface area contributed by atoms with Crippen LogP contribution in [0.2, 0.25) is 0 Å². The molecule has 1 aliphatic rings. The fraction of sp³-hybridized carbons (Fsp3) is 0.333. The number of hydrogen-bond acceptors (Lipinski definition) is 1. The number of nitrogens with two attached hydrogens (primary N) is 1. The third kappa shape index (κ3) is 2.57. The van der Waals surface area contributed by atoms with Crippen LogP contribution in [0, 0.1) is 13.8 Å². The zero-order valence-electron chi connectivity index (χ0n) is 11.7. The van der Waals surface area contributed by atoms with Gasteiger partial charge in [-0.1, -0.05) is 53.6 Å². The lowest BCUT2D eigenvalue weighted by Crippen LogP contribution is -2.43. The molecule has 2 aromatic carbocycles. The van der Waals surface area contributed by atoms with Crippen LogP contribution in [0.1, 0.15) is 27.8 Å². The average Bonchev–Trinajstić information content (AvgIpc) is 2.62. The van der Waals surface area contributed by atoms with E-state index in [1.807, 2.05) is 0 Å². The number of hydrogen-bond donors (Lipinski definition) is 1. The molecule has 3 rings (SSSR count). The summed E-state index contributed by atoms with van der Waals surface area (Å²) in [4.78, 5) is 0. The molecular weight excluding hydrogens is 230 g/mol. The zero-order chi connectivity index (χ0) is 13.5. The summed E-state index contributed by atoms with van der Waals surface area (Å²) in [6.45, 7) is 4.31. The molecule has 19 heavy (non-hydrogen) atoms. The van der Waals surface area contributed by atoms with Gasteiger partial charge in [0.15, 0.2) is 0 Å². The Hall–Kier alpha value is -1.60. The molecule has 0 saturated carbocycles. The first-order valence-electron chi connectivity index (χ1n) is 6.97. The van der Waals surface area contributed by atoms with Crippen LogP contribution >= 0.6 is 0 Å². The summed E-state index contributed by atoms with van der Waals surface area (Å²) in [6.07, 6.45) is 2.95. The van der Waals surface area contributed by atoms with Crippen LogP contribution in [0.3, 0.4) is 0 Å². The molecule has 0 radical (unpaired) electrons. The van der Waals surface area contributed by atoms with Gasteiger partial charge in [-0.05, 0) is 49.8 Å². The van der Waals surface area contributed by atoms with Crippen molar-refractivity contribution in [2.45, 2.75) is 38.6 Å². The minimum absolute atomic E-state index is 0.107. The van der Waals surface area contributed by atoms with Gasteiger partial charge in [0.2, 0.25) is 0 Å². The number of fused-ring (bicyclic) bond motifs is 1. The van der Waals surface area contributed by atoms with Crippen molar-refractivity contribution in [3.8, 4) is 0 Å². The van der Waals surface area contributed by atoms with Crippen molar-refractivity contribution in [2.75, 3.05) is 0 Å². The maximum Gasteiger partial charge on any atom is 0.0276 e. The maximum absolute atomic E-state index is 6.64. The second-order valence-electron chi connectivity index (χ2n) is 6.16. The Bertz CT molecular complexity index is 568. The van der Waals surface area contributed by atoms with Gasteiger partial charge >= 0.3 is 0 Å². The van der Waals surface area contributed by atoms with Gasteiger partial charge < -0.3 is 5.73 Å². The van der Waals surface area contributed by atoms with Gasteiger partial charge in [0.25, 0.3) is 0 Å². The molecule has 0 aromatic heterocycles. The van der Waals surface area contributed by atoms with E-state index in [2.05, 4.69) is 56.3 Å². The average molecular weight is 251 g/mol. The van der Waals surface area contributed by atoms with Gasteiger partial charge in [-0.3, -0.25) is 0 Å². The van der Waals surface area contributed by atoms with Crippen LogP contribution in [-0.4, -0.2) is 5.54 Å². The highest BCUT2D eigenvalue weighted by molar-refractivity contribution is 5.38. The van der Waals surface area contributed by atoms with Crippen LogP contribution in [0.15, 0.2) is 42.5 Å². The first kappa shape index (κ1) is 12.4. The molecule has 0 unspecified atom stereocenters. The molecule has 0 fully saturated rings. The van der Waals surface area contributed by atoms with Gasteiger partial charge in [-0.2, -0.15) is 0 Å². The van der Waals surface area contributed by atoms with Crippen molar-refractivity contribution >= 4 is 0 Å². The highest BCUT2D eigenvalue weighted by atomic mass is 14.7. The summed E-state index contributed by atoms with van der Waals surface area (Å²) in [6, 6.07) is 15.4. The third-order valence-corrected chi connectivity index (χ3v) is 4.04. The van der Waals surface area contributed by atoms with E-state index in [1.165, 1.54) is 27.8 Å². The molecule has 0 heterocycles. The van der Waals surface area contributed by atoms with Crippen molar-refractivity contribution in [2.24, 2.45) is 5.73 Å². The van der Waals surface area contributed by atoms with Crippen molar-refractivity contribution < 1.29 is 0 Å². The first-order valence-corrected chi connectivity index (χ1v) is 6.97.